The highest BCUT2D eigenvalue weighted by Gasteiger charge is 2.27. The van der Waals surface area contributed by atoms with Gasteiger partial charge in [0.15, 0.2) is 0 Å². The number of phenols is 1. The highest BCUT2D eigenvalue weighted by Crippen LogP contribution is 2.35. The Hall–Kier alpha value is -1.22. The van der Waals surface area contributed by atoms with E-state index in [9.17, 15) is 5.11 Å². The molecule has 13 heavy (non-hydrogen) atoms. The topological polar surface area (TPSA) is 55.5 Å². The van der Waals surface area contributed by atoms with Gasteiger partial charge in [0.25, 0.3) is 0 Å². The van der Waals surface area contributed by atoms with E-state index in [1.165, 1.54) is 0 Å². The van der Waals surface area contributed by atoms with Crippen molar-refractivity contribution >= 4 is 0 Å². The molecule has 2 atom stereocenters. The molecule has 2 unspecified atom stereocenters. The van der Waals surface area contributed by atoms with Crippen LogP contribution < -0.4 is 10.5 Å². The first-order chi connectivity index (χ1) is 6.18. The fraction of sp³-hybridized carbons (Fsp3) is 0.400. The first-order valence-electron chi connectivity index (χ1n) is 4.41. The van der Waals surface area contributed by atoms with Gasteiger partial charge in [-0.2, -0.15) is 0 Å². The summed E-state index contributed by atoms with van der Waals surface area (Å²) in [6, 6.07) is 5.30. The Bertz CT molecular complexity index is 323. The molecule has 0 fully saturated rings. The standard InChI is InChI=1S/C10H13NO2/c1-6(11)10-5-7-8(12)3-2-4-9(7)13-10/h2-4,6,10,12H,5,11H2,1H3. The van der Waals surface area contributed by atoms with E-state index in [1.807, 2.05) is 13.0 Å². The second kappa shape index (κ2) is 2.92. The summed E-state index contributed by atoms with van der Waals surface area (Å²) in [5.41, 5.74) is 6.60. The Morgan fingerprint density at radius 3 is 3.00 bits per heavy atom. The molecule has 1 aliphatic heterocycles. The zero-order valence-electron chi connectivity index (χ0n) is 7.53. The molecule has 0 saturated heterocycles. The van der Waals surface area contributed by atoms with E-state index < -0.39 is 0 Å². The van der Waals surface area contributed by atoms with Crippen LogP contribution in [-0.4, -0.2) is 17.3 Å². The van der Waals surface area contributed by atoms with Crippen LogP contribution in [0.3, 0.4) is 0 Å². The molecule has 1 aromatic carbocycles. The van der Waals surface area contributed by atoms with Crippen molar-refractivity contribution in [2.45, 2.75) is 25.5 Å². The first-order valence-corrected chi connectivity index (χ1v) is 4.41. The average molecular weight is 179 g/mol. The third-order valence-corrected chi connectivity index (χ3v) is 2.38. The molecule has 2 rings (SSSR count). The van der Waals surface area contributed by atoms with E-state index in [0.717, 1.165) is 11.3 Å². The van der Waals surface area contributed by atoms with Gasteiger partial charge in [0.2, 0.25) is 0 Å². The van der Waals surface area contributed by atoms with Gasteiger partial charge in [-0.05, 0) is 19.1 Å². The van der Waals surface area contributed by atoms with Crippen LogP contribution in [0, 0.1) is 0 Å². The number of phenolic OH excluding ortho intramolecular Hbond substituents is 1. The second-order valence-electron chi connectivity index (χ2n) is 3.47. The van der Waals surface area contributed by atoms with Crippen molar-refractivity contribution in [1.29, 1.82) is 0 Å². The van der Waals surface area contributed by atoms with Crippen molar-refractivity contribution in [3.8, 4) is 11.5 Å². The lowest BCUT2D eigenvalue weighted by atomic mass is 10.1. The molecular weight excluding hydrogens is 166 g/mol. The summed E-state index contributed by atoms with van der Waals surface area (Å²) in [6.07, 6.45) is 0.711. The highest BCUT2D eigenvalue weighted by molar-refractivity contribution is 5.47. The van der Waals surface area contributed by atoms with Gasteiger partial charge < -0.3 is 15.6 Å². The number of ether oxygens (including phenoxy) is 1. The molecule has 1 aliphatic rings. The third kappa shape index (κ3) is 1.35. The van der Waals surface area contributed by atoms with Gasteiger partial charge in [-0.15, -0.1) is 0 Å². The summed E-state index contributed by atoms with van der Waals surface area (Å²) in [5, 5.41) is 9.51. The fourth-order valence-corrected chi connectivity index (χ4v) is 1.57. The molecule has 3 N–H and O–H groups in total. The zero-order chi connectivity index (χ0) is 9.42. The monoisotopic (exact) mass is 179 g/mol. The number of fused-ring (bicyclic) bond motifs is 1. The van der Waals surface area contributed by atoms with Crippen LogP contribution in [0.2, 0.25) is 0 Å². The van der Waals surface area contributed by atoms with Crippen LogP contribution in [0.5, 0.6) is 11.5 Å². The number of nitrogens with two attached hydrogens (primary N) is 1. The summed E-state index contributed by atoms with van der Waals surface area (Å²) < 4.78 is 5.56. The predicted octanol–water partition coefficient (Wildman–Crippen LogP) is 1.04. The van der Waals surface area contributed by atoms with E-state index in [1.54, 1.807) is 12.1 Å². The van der Waals surface area contributed by atoms with Crippen LogP contribution in [0.25, 0.3) is 0 Å². The first kappa shape index (κ1) is 8.38. The molecule has 0 bridgehead atoms. The average Bonchev–Trinajstić information content (AvgIpc) is 2.49. The molecule has 0 spiro atoms. The van der Waals surface area contributed by atoms with E-state index in [4.69, 9.17) is 10.5 Å². The van der Waals surface area contributed by atoms with Gasteiger partial charge in [0.05, 0.1) is 0 Å². The molecule has 0 aromatic heterocycles. The van der Waals surface area contributed by atoms with Crippen molar-refractivity contribution < 1.29 is 9.84 Å². The zero-order valence-corrected chi connectivity index (χ0v) is 7.53. The van der Waals surface area contributed by atoms with Crippen LogP contribution in [-0.2, 0) is 6.42 Å². The molecule has 0 amide bonds. The largest absolute Gasteiger partial charge is 0.508 e. The van der Waals surface area contributed by atoms with E-state index in [-0.39, 0.29) is 12.1 Å². The van der Waals surface area contributed by atoms with Gasteiger partial charge in [-0.1, -0.05) is 6.07 Å². The summed E-state index contributed by atoms with van der Waals surface area (Å²) in [4.78, 5) is 0. The van der Waals surface area contributed by atoms with Crippen LogP contribution in [0.1, 0.15) is 12.5 Å². The van der Waals surface area contributed by atoms with Gasteiger partial charge in [-0.3, -0.25) is 0 Å². The summed E-state index contributed by atoms with van der Waals surface area (Å²) >= 11 is 0. The number of hydrogen-bond donors (Lipinski definition) is 2. The van der Waals surface area contributed by atoms with Crippen molar-refractivity contribution in [1.82, 2.24) is 0 Å². The van der Waals surface area contributed by atoms with E-state index >= 15 is 0 Å². The lowest BCUT2D eigenvalue weighted by molar-refractivity contribution is 0.206. The molecule has 1 heterocycles. The van der Waals surface area contributed by atoms with Gasteiger partial charge in [0.1, 0.15) is 17.6 Å². The molecule has 0 aliphatic carbocycles. The Morgan fingerprint density at radius 1 is 1.62 bits per heavy atom. The summed E-state index contributed by atoms with van der Waals surface area (Å²) in [5.74, 6) is 1.07. The van der Waals surface area contributed by atoms with Crippen molar-refractivity contribution in [2.75, 3.05) is 0 Å². The van der Waals surface area contributed by atoms with Crippen LogP contribution in [0.4, 0.5) is 0 Å². The lowest BCUT2D eigenvalue weighted by Crippen LogP contribution is -2.34. The minimum absolute atomic E-state index is 0.00306. The maximum absolute atomic E-state index is 9.51. The molecule has 3 heteroatoms. The number of rotatable bonds is 1. The van der Waals surface area contributed by atoms with Crippen molar-refractivity contribution in [2.24, 2.45) is 5.73 Å². The molecule has 3 nitrogen and oxygen atoms in total. The molecule has 0 radical (unpaired) electrons. The maximum Gasteiger partial charge on any atom is 0.126 e. The highest BCUT2D eigenvalue weighted by atomic mass is 16.5. The summed E-state index contributed by atoms with van der Waals surface area (Å²) in [6.45, 7) is 1.91. The van der Waals surface area contributed by atoms with Crippen LogP contribution >= 0.6 is 0 Å². The lowest BCUT2D eigenvalue weighted by Gasteiger charge is -2.13. The Labute approximate surface area is 77.1 Å². The van der Waals surface area contributed by atoms with E-state index in [0.29, 0.717) is 12.2 Å². The Balaban J connectivity index is 2.30. The van der Waals surface area contributed by atoms with Crippen molar-refractivity contribution in [3.63, 3.8) is 0 Å². The van der Waals surface area contributed by atoms with Crippen molar-refractivity contribution in [3.05, 3.63) is 23.8 Å². The smallest absolute Gasteiger partial charge is 0.126 e. The Morgan fingerprint density at radius 2 is 2.38 bits per heavy atom. The van der Waals surface area contributed by atoms with Gasteiger partial charge in [-0.25, -0.2) is 0 Å². The second-order valence-corrected chi connectivity index (χ2v) is 3.47. The minimum atomic E-state index is -0.00759. The van der Waals surface area contributed by atoms with Gasteiger partial charge in [0, 0.05) is 18.0 Å². The maximum atomic E-state index is 9.51. The number of benzene rings is 1. The minimum Gasteiger partial charge on any atom is -0.508 e. The normalized spacial score (nSPS) is 22.2. The molecule has 1 aromatic rings. The fourth-order valence-electron chi connectivity index (χ4n) is 1.57. The molecular formula is C10H13NO2. The van der Waals surface area contributed by atoms with Crippen LogP contribution in [0.15, 0.2) is 18.2 Å². The van der Waals surface area contributed by atoms with E-state index in [2.05, 4.69) is 0 Å². The molecule has 70 valence electrons. The predicted molar refractivity (Wildman–Crippen MR) is 49.9 cm³/mol. The quantitative estimate of drug-likeness (QED) is 0.677. The SMILES string of the molecule is CC(N)C1Cc2c(O)cccc2O1. The number of hydrogen-bond acceptors (Lipinski definition) is 3. The number of aromatic hydroxyl groups is 1. The summed E-state index contributed by atoms with van der Waals surface area (Å²) in [7, 11) is 0. The third-order valence-electron chi connectivity index (χ3n) is 2.38. The Kier molecular flexibility index (Phi) is 1.88. The van der Waals surface area contributed by atoms with Gasteiger partial charge >= 0.3 is 0 Å². The molecule has 0 saturated carbocycles.